The number of benzene rings is 1. The Balaban J connectivity index is 2.21. The first kappa shape index (κ1) is 11.6. The lowest BCUT2D eigenvalue weighted by Gasteiger charge is -2.03. The van der Waals surface area contributed by atoms with Gasteiger partial charge in [-0.1, -0.05) is 24.3 Å². The van der Waals surface area contributed by atoms with Crippen LogP contribution in [0.2, 0.25) is 0 Å². The zero-order valence-corrected chi connectivity index (χ0v) is 10.4. The van der Waals surface area contributed by atoms with E-state index in [1.54, 1.807) is 6.07 Å². The van der Waals surface area contributed by atoms with Crippen molar-refractivity contribution >= 4 is 11.9 Å². The predicted octanol–water partition coefficient (Wildman–Crippen LogP) is 1.92. The monoisotopic (exact) mass is 256 g/mol. The number of esters is 1. The molecule has 1 aliphatic rings. The van der Waals surface area contributed by atoms with Crippen molar-refractivity contribution in [1.29, 1.82) is 0 Å². The van der Waals surface area contributed by atoms with Crippen molar-refractivity contribution in [3.05, 3.63) is 41.6 Å². The summed E-state index contributed by atoms with van der Waals surface area (Å²) in [5.41, 5.74) is 2.84. The van der Waals surface area contributed by atoms with Gasteiger partial charge in [-0.15, -0.1) is 0 Å². The van der Waals surface area contributed by atoms with E-state index in [-0.39, 0.29) is 11.6 Å². The van der Waals surface area contributed by atoms with Crippen LogP contribution in [0.15, 0.2) is 30.3 Å². The maximum atomic E-state index is 12.0. The fourth-order valence-electron chi connectivity index (χ4n) is 2.30. The summed E-state index contributed by atoms with van der Waals surface area (Å²) in [4.78, 5) is 23.6. The van der Waals surface area contributed by atoms with Gasteiger partial charge in [0.1, 0.15) is 0 Å². The second kappa shape index (κ2) is 4.35. The molecule has 0 atom stereocenters. The van der Waals surface area contributed by atoms with Crippen LogP contribution >= 0.6 is 0 Å². The molecule has 0 spiro atoms. The highest BCUT2D eigenvalue weighted by atomic mass is 16.5. The van der Waals surface area contributed by atoms with Gasteiger partial charge in [0.25, 0.3) is 0 Å². The van der Waals surface area contributed by atoms with E-state index in [0.29, 0.717) is 18.5 Å². The molecule has 5 nitrogen and oxygen atoms in total. The van der Waals surface area contributed by atoms with Crippen molar-refractivity contribution in [3.8, 4) is 11.3 Å². The molecule has 2 aromatic rings. The third kappa shape index (κ3) is 1.83. The number of aryl methyl sites for hydroxylation is 1. The minimum Gasteiger partial charge on any atom is -0.464 e. The molecule has 1 aromatic carbocycles. The van der Waals surface area contributed by atoms with Gasteiger partial charge >= 0.3 is 5.97 Å². The summed E-state index contributed by atoms with van der Waals surface area (Å²) in [7, 11) is 1.29. The van der Waals surface area contributed by atoms with E-state index < -0.39 is 5.97 Å². The highest BCUT2D eigenvalue weighted by Crippen LogP contribution is 2.28. The molecule has 0 unspecified atom stereocenters. The molecule has 0 saturated carbocycles. The molecule has 0 bridgehead atoms. The molecule has 0 fully saturated rings. The fourth-order valence-corrected chi connectivity index (χ4v) is 2.30. The summed E-state index contributed by atoms with van der Waals surface area (Å²) in [6.07, 6.45) is 1.07. The Morgan fingerprint density at radius 1 is 1.32 bits per heavy atom. The topological polar surface area (TPSA) is 61.2 Å². The number of hydrogen-bond donors (Lipinski definition) is 0. The third-order valence-corrected chi connectivity index (χ3v) is 3.24. The Bertz CT molecular complexity index is 673. The number of carbonyl (C=O) groups is 2. The Morgan fingerprint density at radius 2 is 2.11 bits per heavy atom. The van der Waals surface area contributed by atoms with Crippen molar-refractivity contribution in [2.45, 2.75) is 12.8 Å². The molecule has 19 heavy (non-hydrogen) atoms. The minimum absolute atomic E-state index is 0.110. The van der Waals surface area contributed by atoms with Gasteiger partial charge in [0.2, 0.25) is 5.91 Å². The van der Waals surface area contributed by atoms with Crippen LogP contribution in [0, 0.1) is 0 Å². The van der Waals surface area contributed by atoms with Crippen molar-refractivity contribution in [1.82, 2.24) is 9.78 Å². The Hall–Kier alpha value is -2.43. The molecule has 0 radical (unpaired) electrons. The summed E-state index contributed by atoms with van der Waals surface area (Å²) in [5.74, 6) is -0.646. The summed E-state index contributed by atoms with van der Waals surface area (Å²) in [6, 6.07) is 9.37. The molecule has 1 aliphatic heterocycles. The van der Waals surface area contributed by atoms with Gasteiger partial charge in [0.05, 0.1) is 12.8 Å². The molecular formula is C14H12N2O3. The second-order valence-electron chi connectivity index (χ2n) is 4.37. The van der Waals surface area contributed by atoms with Crippen LogP contribution in [0.25, 0.3) is 11.3 Å². The van der Waals surface area contributed by atoms with Crippen LogP contribution in [0.5, 0.6) is 0 Å². The molecular weight excluding hydrogens is 244 g/mol. The lowest BCUT2D eigenvalue weighted by atomic mass is 10.0. The molecule has 0 saturated heterocycles. The third-order valence-electron chi connectivity index (χ3n) is 3.24. The number of nitrogens with zero attached hydrogens (tertiary/aromatic N) is 2. The second-order valence-corrected chi connectivity index (χ2v) is 4.37. The van der Waals surface area contributed by atoms with Gasteiger partial charge in [-0.2, -0.15) is 9.78 Å². The number of ether oxygens (including phenoxy) is 1. The Labute approximate surface area is 109 Å². The first-order valence-corrected chi connectivity index (χ1v) is 6.00. The summed E-state index contributed by atoms with van der Waals surface area (Å²) in [5, 5.41) is 4.05. The first-order valence-electron chi connectivity index (χ1n) is 6.00. The van der Waals surface area contributed by atoms with Crippen LogP contribution in [-0.4, -0.2) is 28.8 Å². The van der Waals surface area contributed by atoms with Crippen molar-refractivity contribution < 1.29 is 14.3 Å². The molecule has 0 N–H and O–H groups in total. The van der Waals surface area contributed by atoms with Gasteiger partial charge in [0, 0.05) is 12.0 Å². The summed E-state index contributed by atoms with van der Waals surface area (Å²) >= 11 is 0. The lowest BCUT2D eigenvalue weighted by Crippen LogP contribution is -2.13. The van der Waals surface area contributed by atoms with Gasteiger partial charge in [0.15, 0.2) is 5.69 Å². The van der Waals surface area contributed by atoms with Crippen molar-refractivity contribution in [3.63, 3.8) is 0 Å². The standard InChI is InChI=1S/C14H12N2O3/c1-19-14(18)11-8-12-10-5-3-2-4-9(10)6-7-13(17)16(12)15-11/h2-5,8H,6-7H2,1H3. The van der Waals surface area contributed by atoms with Crippen LogP contribution < -0.4 is 0 Å². The molecule has 3 rings (SSSR count). The maximum absolute atomic E-state index is 12.0. The number of aromatic nitrogens is 2. The number of carbonyl (C=O) groups excluding carboxylic acids is 2. The largest absolute Gasteiger partial charge is 0.464 e. The number of hydrogen-bond acceptors (Lipinski definition) is 4. The first-order chi connectivity index (χ1) is 9.20. The molecule has 5 heteroatoms. The van der Waals surface area contributed by atoms with E-state index in [0.717, 1.165) is 11.1 Å². The Kier molecular flexibility index (Phi) is 2.67. The SMILES string of the molecule is COC(=O)c1cc2n(n1)C(=O)CCc1ccccc1-2. The molecule has 1 aromatic heterocycles. The van der Waals surface area contributed by atoms with E-state index in [9.17, 15) is 9.59 Å². The van der Waals surface area contributed by atoms with E-state index in [4.69, 9.17) is 0 Å². The van der Waals surface area contributed by atoms with Crippen molar-refractivity contribution in [2.24, 2.45) is 0 Å². The molecule has 0 amide bonds. The van der Waals surface area contributed by atoms with E-state index in [1.807, 2.05) is 24.3 Å². The number of rotatable bonds is 1. The van der Waals surface area contributed by atoms with E-state index >= 15 is 0 Å². The number of fused-ring (bicyclic) bond motifs is 3. The fraction of sp³-hybridized carbons (Fsp3) is 0.214. The molecule has 96 valence electrons. The lowest BCUT2D eigenvalue weighted by molar-refractivity contribution is 0.0593. The van der Waals surface area contributed by atoms with Gasteiger partial charge in [-0.05, 0) is 18.1 Å². The van der Waals surface area contributed by atoms with Gasteiger partial charge in [-0.25, -0.2) is 4.79 Å². The maximum Gasteiger partial charge on any atom is 0.358 e. The highest BCUT2D eigenvalue weighted by molar-refractivity contribution is 5.92. The summed E-state index contributed by atoms with van der Waals surface area (Å²) in [6.45, 7) is 0. The zero-order chi connectivity index (χ0) is 13.4. The zero-order valence-electron chi connectivity index (χ0n) is 10.4. The van der Waals surface area contributed by atoms with Crippen LogP contribution in [0.4, 0.5) is 0 Å². The molecule has 0 aliphatic carbocycles. The van der Waals surface area contributed by atoms with Crippen LogP contribution in [0.1, 0.15) is 27.3 Å². The highest BCUT2D eigenvalue weighted by Gasteiger charge is 2.24. The van der Waals surface area contributed by atoms with Gasteiger partial charge in [-0.3, -0.25) is 4.79 Å². The Morgan fingerprint density at radius 3 is 2.89 bits per heavy atom. The smallest absolute Gasteiger partial charge is 0.358 e. The average molecular weight is 256 g/mol. The number of methoxy groups -OCH3 is 1. The predicted molar refractivity (Wildman–Crippen MR) is 68.0 cm³/mol. The molecule has 2 heterocycles. The quantitative estimate of drug-likeness (QED) is 0.731. The van der Waals surface area contributed by atoms with Crippen molar-refractivity contribution in [2.75, 3.05) is 7.11 Å². The van der Waals surface area contributed by atoms with E-state index in [1.165, 1.54) is 11.8 Å². The van der Waals surface area contributed by atoms with Crippen LogP contribution in [0.3, 0.4) is 0 Å². The van der Waals surface area contributed by atoms with E-state index in [2.05, 4.69) is 9.84 Å². The van der Waals surface area contributed by atoms with Gasteiger partial charge < -0.3 is 4.74 Å². The summed E-state index contributed by atoms with van der Waals surface area (Å²) < 4.78 is 5.95. The normalized spacial score (nSPS) is 13.4. The minimum atomic E-state index is -0.536. The average Bonchev–Trinajstić information content (AvgIpc) is 2.84. The van der Waals surface area contributed by atoms with Crippen LogP contribution in [-0.2, 0) is 11.2 Å².